The van der Waals surface area contributed by atoms with Gasteiger partial charge in [0.2, 0.25) is 0 Å². The Morgan fingerprint density at radius 3 is 2.95 bits per heavy atom. The van der Waals surface area contributed by atoms with Gasteiger partial charge in [0.1, 0.15) is 5.82 Å². The second-order valence-electron chi connectivity index (χ2n) is 4.80. The second-order valence-corrected chi connectivity index (χ2v) is 6.65. The van der Waals surface area contributed by atoms with E-state index < -0.39 is 0 Å². The fourth-order valence-electron chi connectivity index (χ4n) is 1.91. The normalized spacial score (nSPS) is 14.8. The van der Waals surface area contributed by atoms with Crippen LogP contribution in [0.4, 0.5) is 4.39 Å². The minimum Gasteiger partial charge on any atom is -0.378 e. The SMILES string of the molecule is NC1=NC=C(CCCCOCc2ccc(Br)c(F)c2)CS1. The number of ether oxygens (including phenoxy) is 1. The van der Waals surface area contributed by atoms with Crippen LogP contribution in [0.3, 0.4) is 0 Å². The van der Waals surface area contributed by atoms with Gasteiger partial charge in [-0.05, 0) is 58.5 Å². The minimum absolute atomic E-state index is 0.252. The topological polar surface area (TPSA) is 47.6 Å². The molecule has 0 aliphatic carbocycles. The lowest BCUT2D eigenvalue weighted by atomic mass is 10.1. The van der Waals surface area contributed by atoms with Gasteiger partial charge in [-0.25, -0.2) is 9.38 Å². The van der Waals surface area contributed by atoms with Crippen LogP contribution in [0, 0.1) is 5.82 Å². The number of benzene rings is 1. The maximum atomic E-state index is 13.3. The molecule has 21 heavy (non-hydrogen) atoms. The van der Waals surface area contributed by atoms with Gasteiger partial charge in [-0.2, -0.15) is 0 Å². The molecule has 0 atom stereocenters. The monoisotopic (exact) mass is 372 g/mol. The van der Waals surface area contributed by atoms with Crippen LogP contribution >= 0.6 is 27.7 Å². The summed E-state index contributed by atoms with van der Waals surface area (Å²) < 4.78 is 19.4. The maximum Gasteiger partial charge on any atom is 0.158 e. The van der Waals surface area contributed by atoms with Gasteiger partial charge >= 0.3 is 0 Å². The summed E-state index contributed by atoms with van der Waals surface area (Å²) in [5.41, 5.74) is 7.76. The Balaban J connectivity index is 1.59. The van der Waals surface area contributed by atoms with E-state index in [1.807, 2.05) is 12.3 Å². The third kappa shape index (κ3) is 5.80. The summed E-state index contributed by atoms with van der Waals surface area (Å²) in [6, 6.07) is 5.06. The summed E-state index contributed by atoms with van der Waals surface area (Å²) in [5, 5.41) is 0.642. The van der Waals surface area contributed by atoms with Crippen LogP contribution in [0.15, 0.2) is 39.4 Å². The lowest BCUT2D eigenvalue weighted by molar-refractivity contribution is 0.117. The molecule has 1 aromatic carbocycles. The first-order valence-corrected chi connectivity index (χ1v) is 8.58. The van der Waals surface area contributed by atoms with Crippen LogP contribution in [0.25, 0.3) is 0 Å². The number of nitrogens with two attached hydrogens (primary N) is 1. The van der Waals surface area contributed by atoms with E-state index in [1.165, 1.54) is 11.6 Å². The zero-order chi connectivity index (χ0) is 15.1. The van der Waals surface area contributed by atoms with Gasteiger partial charge in [0, 0.05) is 18.6 Å². The number of halogens is 2. The van der Waals surface area contributed by atoms with Gasteiger partial charge in [0.15, 0.2) is 5.17 Å². The molecule has 114 valence electrons. The van der Waals surface area contributed by atoms with Crippen molar-refractivity contribution in [2.45, 2.75) is 25.9 Å². The molecule has 0 fully saturated rings. The smallest absolute Gasteiger partial charge is 0.158 e. The number of hydrogen-bond acceptors (Lipinski definition) is 4. The van der Waals surface area contributed by atoms with Crippen molar-refractivity contribution in [2.24, 2.45) is 10.7 Å². The molecule has 0 saturated heterocycles. The Kier molecular flexibility index (Phi) is 6.73. The summed E-state index contributed by atoms with van der Waals surface area (Å²) in [4.78, 5) is 4.11. The van der Waals surface area contributed by atoms with Crippen LogP contribution in [-0.2, 0) is 11.3 Å². The predicted octanol–water partition coefficient (Wildman–Crippen LogP) is 4.22. The fraction of sp³-hybridized carbons (Fsp3) is 0.400. The minimum atomic E-state index is -0.252. The van der Waals surface area contributed by atoms with Crippen molar-refractivity contribution in [1.82, 2.24) is 0 Å². The molecular weight excluding hydrogens is 355 g/mol. The van der Waals surface area contributed by atoms with Crippen molar-refractivity contribution in [1.29, 1.82) is 0 Å². The third-order valence-corrected chi connectivity index (χ3v) is 4.63. The van der Waals surface area contributed by atoms with E-state index in [4.69, 9.17) is 10.5 Å². The van der Waals surface area contributed by atoms with Crippen LogP contribution < -0.4 is 5.73 Å². The van der Waals surface area contributed by atoms with E-state index in [0.717, 1.165) is 30.6 Å². The summed E-state index contributed by atoms with van der Waals surface area (Å²) in [6.45, 7) is 1.13. The van der Waals surface area contributed by atoms with Crippen molar-refractivity contribution in [2.75, 3.05) is 12.4 Å². The van der Waals surface area contributed by atoms with Crippen LogP contribution in [-0.4, -0.2) is 17.5 Å². The molecule has 0 amide bonds. The Bertz CT molecular complexity index is 548. The quantitative estimate of drug-likeness (QED) is 0.728. The molecule has 0 saturated carbocycles. The first-order valence-electron chi connectivity index (χ1n) is 6.81. The van der Waals surface area contributed by atoms with E-state index in [9.17, 15) is 4.39 Å². The molecule has 0 radical (unpaired) electrons. The maximum absolute atomic E-state index is 13.3. The number of hydrogen-bond donors (Lipinski definition) is 1. The summed E-state index contributed by atoms with van der Waals surface area (Å²) in [5.74, 6) is 0.687. The number of rotatable bonds is 7. The Morgan fingerprint density at radius 2 is 2.24 bits per heavy atom. The van der Waals surface area contributed by atoms with Crippen LogP contribution in [0.2, 0.25) is 0 Å². The molecule has 0 unspecified atom stereocenters. The molecule has 2 N–H and O–H groups in total. The fourth-order valence-corrected chi connectivity index (χ4v) is 2.83. The summed E-state index contributed by atoms with van der Waals surface area (Å²) in [7, 11) is 0. The number of thioether (sulfide) groups is 1. The van der Waals surface area contributed by atoms with E-state index in [1.54, 1.807) is 17.8 Å². The first-order chi connectivity index (χ1) is 10.1. The van der Waals surface area contributed by atoms with Gasteiger partial charge in [-0.15, -0.1) is 0 Å². The van der Waals surface area contributed by atoms with Crippen molar-refractivity contribution < 1.29 is 9.13 Å². The highest BCUT2D eigenvalue weighted by atomic mass is 79.9. The Labute approximate surface area is 137 Å². The Morgan fingerprint density at radius 1 is 1.38 bits per heavy atom. The Hall–Kier alpha value is -0.850. The average Bonchev–Trinajstić information content (AvgIpc) is 2.48. The second kappa shape index (κ2) is 8.56. The molecule has 1 heterocycles. The number of nitrogens with zero attached hydrogens (tertiary/aromatic N) is 1. The molecule has 1 aliphatic rings. The van der Waals surface area contributed by atoms with Gasteiger partial charge in [0.05, 0.1) is 11.1 Å². The molecule has 0 aromatic heterocycles. The first kappa shape index (κ1) is 16.5. The molecule has 1 aromatic rings. The molecule has 6 heteroatoms. The van der Waals surface area contributed by atoms with Gasteiger partial charge < -0.3 is 10.5 Å². The number of aliphatic imine (C=N–C) groups is 1. The number of amidine groups is 1. The lowest BCUT2D eigenvalue weighted by Crippen LogP contribution is -2.10. The molecular formula is C15H18BrFN2OS. The molecule has 0 spiro atoms. The van der Waals surface area contributed by atoms with E-state index in [0.29, 0.717) is 22.9 Å². The average molecular weight is 373 g/mol. The van der Waals surface area contributed by atoms with Crippen LogP contribution in [0.5, 0.6) is 0 Å². The van der Waals surface area contributed by atoms with Crippen molar-refractivity contribution in [3.8, 4) is 0 Å². The molecule has 1 aliphatic heterocycles. The highest BCUT2D eigenvalue weighted by molar-refractivity contribution is 9.10. The molecule has 0 bridgehead atoms. The van der Waals surface area contributed by atoms with Gasteiger partial charge in [-0.1, -0.05) is 17.8 Å². The highest BCUT2D eigenvalue weighted by Crippen LogP contribution is 2.19. The van der Waals surface area contributed by atoms with E-state index in [2.05, 4.69) is 20.9 Å². The van der Waals surface area contributed by atoms with Crippen molar-refractivity contribution >= 4 is 32.9 Å². The number of unbranched alkanes of at least 4 members (excludes halogenated alkanes) is 1. The lowest BCUT2D eigenvalue weighted by Gasteiger charge is -2.10. The van der Waals surface area contributed by atoms with Gasteiger partial charge in [0.25, 0.3) is 0 Å². The zero-order valence-corrected chi connectivity index (χ0v) is 14.1. The van der Waals surface area contributed by atoms with Gasteiger partial charge in [-0.3, -0.25) is 0 Å². The molecule has 3 nitrogen and oxygen atoms in total. The van der Waals surface area contributed by atoms with E-state index >= 15 is 0 Å². The van der Waals surface area contributed by atoms with Crippen molar-refractivity contribution in [3.05, 3.63) is 45.8 Å². The predicted molar refractivity (Wildman–Crippen MR) is 89.8 cm³/mol. The van der Waals surface area contributed by atoms with E-state index in [-0.39, 0.29) is 5.82 Å². The largest absolute Gasteiger partial charge is 0.378 e. The van der Waals surface area contributed by atoms with Crippen LogP contribution in [0.1, 0.15) is 24.8 Å². The molecule has 2 rings (SSSR count). The summed E-state index contributed by atoms with van der Waals surface area (Å²) >= 11 is 4.72. The highest BCUT2D eigenvalue weighted by Gasteiger charge is 2.05. The van der Waals surface area contributed by atoms with Crippen molar-refractivity contribution in [3.63, 3.8) is 0 Å². The summed E-state index contributed by atoms with van der Waals surface area (Å²) in [6.07, 6.45) is 4.95. The zero-order valence-electron chi connectivity index (χ0n) is 11.6. The standard InChI is InChI=1S/C15H18BrFN2OS/c16-13-5-4-11(7-14(13)17)9-20-6-2-1-3-12-8-19-15(18)21-10-12/h4-5,7-8H,1-3,6,9-10H2,(H2,18,19). The third-order valence-electron chi connectivity index (χ3n) is 3.07.